The Morgan fingerprint density at radius 1 is 1.04 bits per heavy atom. The molecule has 0 fully saturated rings. The van der Waals surface area contributed by atoms with E-state index < -0.39 is 10.0 Å². The Morgan fingerprint density at radius 3 is 2.18 bits per heavy atom. The van der Waals surface area contributed by atoms with Crippen molar-refractivity contribution in [2.75, 3.05) is 27.7 Å². The molecule has 0 unspecified atom stereocenters. The van der Waals surface area contributed by atoms with Gasteiger partial charge in [0.25, 0.3) is 0 Å². The summed E-state index contributed by atoms with van der Waals surface area (Å²) in [5.74, 6) is 0.780. The predicted molar refractivity (Wildman–Crippen MR) is 110 cm³/mol. The van der Waals surface area contributed by atoms with Crippen LogP contribution in [0.4, 0.5) is 0 Å². The lowest BCUT2D eigenvalue weighted by Crippen LogP contribution is -2.18. The monoisotopic (exact) mass is 400 g/mol. The summed E-state index contributed by atoms with van der Waals surface area (Å²) in [6.45, 7) is 1.60. The fourth-order valence-electron chi connectivity index (χ4n) is 2.84. The third-order valence-corrected chi connectivity index (χ3v) is 5.32. The van der Waals surface area contributed by atoms with Crippen molar-refractivity contribution in [3.05, 3.63) is 54.7 Å². The first-order chi connectivity index (χ1) is 13.3. The highest BCUT2D eigenvalue weighted by molar-refractivity contribution is 7.89. The molecule has 0 amide bonds. The summed E-state index contributed by atoms with van der Waals surface area (Å²) in [5, 5.41) is 9.94. The van der Waals surface area contributed by atoms with Crippen molar-refractivity contribution in [3.63, 3.8) is 0 Å². The lowest BCUT2D eigenvalue weighted by atomic mass is 10.0. The lowest BCUT2D eigenvalue weighted by molar-refractivity contribution is 0.373. The maximum atomic E-state index is 11.5. The average Bonchev–Trinajstić information content (AvgIpc) is 3.10. The van der Waals surface area contributed by atoms with Crippen molar-refractivity contribution < 1.29 is 13.2 Å². The van der Waals surface area contributed by atoms with E-state index in [2.05, 4.69) is 4.90 Å². The number of methoxy groups -OCH3 is 1. The molecule has 0 saturated heterocycles. The maximum absolute atomic E-state index is 11.5. The summed E-state index contributed by atoms with van der Waals surface area (Å²) in [4.78, 5) is 2.17. The van der Waals surface area contributed by atoms with Crippen LogP contribution in [0.5, 0.6) is 5.75 Å². The van der Waals surface area contributed by atoms with Crippen molar-refractivity contribution in [1.82, 2.24) is 14.7 Å². The Hall–Kier alpha value is -2.68. The molecule has 3 rings (SSSR count). The Balaban J connectivity index is 2.04. The SMILES string of the molecule is COc1ccc(-c2cn(CCN(C)C)nc2-c2ccc(S(N)(=O)=O)cc2)cc1. The minimum Gasteiger partial charge on any atom is -0.497 e. The van der Waals surface area contributed by atoms with E-state index in [1.165, 1.54) is 12.1 Å². The second-order valence-electron chi connectivity index (χ2n) is 6.76. The molecule has 0 aliphatic rings. The van der Waals surface area contributed by atoms with Gasteiger partial charge in [0, 0.05) is 23.9 Å². The predicted octanol–water partition coefficient (Wildman–Crippen LogP) is 2.43. The second-order valence-corrected chi connectivity index (χ2v) is 8.32. The van der Waals surface area contributed by atoms with Gasteiger partial charge in [-0.2, -0.15) is 5.10 Å². The summed E-state index contributed by atoms with van der Waals surface area (Å²) in [5.41, 5.74) is 3.57. The van der Waals surface area contributed by atoms with Gasteiger partial charge in [0.2, 0.25) is 10.0 Å². The van der Waals surface area contributed by atoms with Gasteiger partial charge in [-0.05, 0) is 43.9 Å². The second kappa shape index (κ2) is 8.14. The first-order valence-electron chi connectivity index (χ1n) is 8.78. The lowest BCUT2D eigenvalue weighted by Gasteiger charge is -2.08. The van der Waals surface area contributed by atoms with Gasteiger partial charge in [0.1, 0.15) is 11.4 Å². The van der Waals surface area contributed by atoms with Crippen molar-refractivity contribution in [1.29, 1.82) is 0 Å². The molecule has 1 heterocycles. The summed E-state index contributed by atoms with van der Waals surface area (Å²) < 4.78 is 30.2. The highest BCUT2D eigenvalue weighted by Crippen LogP contribution is 2.32. The molecule has 3 aromatic rings. The zero-order chi connectivity index (χ0) is 20.3. The largest absolute Gasteiger partial charge is 0.497 e. The fraction of sp³-hybridized carbons (Fsp3) is 0.250. The molecule has 0 radical (unpaired) electrons. The molecule has 0 atom stereocenters. The van der Waals surface area contributed by atoms with Crippen molar-refractivity contribution in [2.24, 2.45) is 5.14 Å². The number of hydrogen-bond donors (Lipinski definition) is 1. The number of nitrogens with two attached hydrogens (primary N) is 1. The zero-order valence-electron chi connectivity index (χ0n) is 16.2. The standard InChI is InChI=1S/C20H24N4O3S/c1-23(2)12-13-24-14-19(15-4-8-17(27-3)9-5-15)20(22-24)16-6-10-18(11-7-16)28(21,25)26/h4-11,14H,12-13H2,1-3H3,(H2,21,25,26). The number of sulfonamides is 1. The van der Waals surface area contributed by atoms with Gasteiger partial charge in [-0.1, -0.05) is 24.3 Å². The van der Waals surface area contributed by atoms with E-state index in [0.717, 1.165) is 41.2 Å². The van der Waals surface area contributed by atoms with Gasteiger partial charge in [-0.25, -0.2) is 13.6 Å². The minimum atomic E-state index is -3.73. The van der Waals surface area contributed by atoms with Crippen molar-refractivity contribution >= 4 is 10.0 Å². The molecule has 7 nitrogen and oxygen atoms in total. The first-order valence-corrected chi connectivity index (χ1v) is 10.3. The van der Waals surface area contributed by atoms with Gasteiger partial charge in [0.15, 0.2) is 0 Å². The minimum absolute atomic E-state index is 0.0780. The van der Waals surface area contributed by atoms with Crippen LogP contribution in [0.2, 0.25) is 0 Å². The van der Waals surface area contributed by atoms with Gasteiger partial charge in [0.05, 0.1) is 18.6 Å². The number of ether oxygens (including phenoxy) is 1. The summed E-state index contributed by atoms with van der Waals surface area (Å²) in [6, 6.07) is 14.2. The van der Waals surface area contributed by atoms with Crippen LogP contribution >= 0.6 is 0 Å². The van der Waals surface area contributed by atoms with E-state index in [9.17, 15) is 8.42 Å². The molecule has 8 heteroatoms. The molecular formula is C20H24N4O3S. The molecule has 0 aliphatic carbocycles. The molecule has 148 valence electrons. The van der Waals surface area contributed by atoms with Crippen LogP contribution < -0.4 is 9.88 Å². The van der Waals surface area contributed by atoms with Gasteiger partial charge >= 0.3 is 0 Å². The Morgan fingerprint density at radius 2 is 1.64 bits per heavy atom. The van der Waals surface area contributed by atoms with E-state index in [-0.39, 0.29) is 4.90 Å². The van der Waals surface area contributed by atoms with Crippen LogP contribution in [-0.4, -0.2) is 50.8 Å². The Bertz CT molecular complexity index is 1040. The van der Waals surface area contributed by atoms with Gasteiger partial charge < -0.3 is 9.64 Å². The van der Waals surface area contributed by atoms with Crippen molar-refractivity contribution in [3.8, 4) is 28.1 Å². The average molecular weight is 401 g/mol. The third-order valence-electron chi connectivity index (χ3n) is 4.40. The van der Waals surface area contributed by atoms with Crippen LogP contribution in [0.3, 0.4) is 0 Å². The van der Waals surface area contributed by atoms with Crippen LogP contribution in [0.25, 0.3) is 22.4 Å². The van der Waals surface area contributed by atoms with Crippen LogP contribution in [0, 0.1) is 0 Å². The number of rotatable bonds is 7. The van der Waals surface area contributed by atoms with Crippen molar-refractivity contribution in [2.45, 2.75) is 11.4 Å². The summed E-state index contributed by atoms with van der Waals surface area (Å²) in [6.07, 6.45) is 2.01. The topological polar surface area (TPSA) is 90.4 Å². The summed E-state index contributed by atoms with van der Waals surface area (Å²) >= 11 is 0. The van der Waals surface area contributed by atoms with Crippen LogP contribution in [0.15, 0.2) is 59.6 Å². The normalized spacial score (nSPS) is 11.8. The molecule has 0 spiro atoms. The molecule has 0 bridgehead atoms. The summed E-state index contributed by atoms with van der Waals surface area (Å²) in [7, 11) is 1.93. The molecule has 2 aromatic carbocycles. The third kappa shape index (κ3) is 4.59. The molecule has 2 N–H and O–H groups in total. The number of primary sulfonamides is 1. The van der Waals surface area contributed by atoms with E-state index in [1.54, 1.807) is 19.2 Å². The molecular weight excluding hydrogens is 376 g/mol. The van der Waals surface area contributed by atoms with Crippen LogP contribution in [0.1, 0.15) is 0 Å². The quantitative estimate of drug-likeness (QED) is 0.658. The van der Waals surface area contributed by atoms with E-state index in [4.69, 9.17) is 15.0 Å². The molecule has 1 aromatic heterocycles. The fourth-order valence-corrected chi connectivity index (χ4v) is 3.35. The first kappa shape index (κ1) is 20.1. The smallest absolute Gasteiger partial charge is 0.238 e. The molecule has 0 aliphatic heterocycles. The van der Waals surface area contributed by atoms with E-state index in [0.29, 0.717) is 0 Å². The van der Waals surface area contributed by atoms with E-state index >= 15 is 0 Å². The Kier molecular flexibility index (Phi) is 5.83. The molecule has 28 heavy (non-hydrogen) atoms. The van der Waals surface area contributed by atoms with Crippen LogP contribution in [-0.2, 0) is 16.6 Å². The van der Waals surface area contributed by atoms with E-state index in [1.807, 2.05) is 49.2 Å². The maximum Gasteiger partial charge on any atom is 0.238 e. The molecule has 0 saturated carbocycles. The zero-order valence-corrected chi connectivity index (χ0v) is 17.0. The highest BCUT2D eigenvalue weighted by Gasteiger charge is 2.15. The van der Waals surface area contributed by atoms with Gasteiger partial charge in [-0.15, -0.1) is 0 Å². The number of aromatic nitrogens is 2. The number of likely N-dealkylation sites (N-methyl/N-ethyl adjacent to an activating group) is 1. The number of benzene rings is 2. The number of hydrogen-bond acceptors (Lipinski definition) is 5. The highest BCUT2D eigenvalue weighted by atomic mass is 32.2. The Labute approximate surface area is 165 Å². The van der Waals surface area contributed by atoms with Gasteiger partial charge in [-0.3, -0.25) is 4.68 Å². The number of nitrogens with zero attached hydrogens (tertiary/aromatic N) is 3.